The lowest BCUT2D eigenvalue weighted by Crippen LogP contribution is -2.18. The molecule has 148 valence electrons. The molecule has 0 fully saturated rings. The number of carbonyl (C=O) groups excluding carboxylic acids is 1. The predicted octanol–water partition coefficient (Wildman–Crippen LogP) is 6.02. The highest BCUT2D eigenvalue weighted by molar-refractivity contribution is 8.00. The Kier molecular flexibility index (Phi) is 8.08. The number of methoxy groups -OCH3 is 1. The van der Waals surface area contributed by atoms with Gasteiger partial charge in [0.2, 0.25) is 0 Å². The minimum atomic E-state index is -0.200. The Morgan fingerprint density at radius 2 is 1.69 bits per heavy atom. The first-order valence-corrected chi connectivity index (χ1v) is 10.6. The van der Waals surface area contributed by atoms with Crippen LogP contribution in [0.1, 0.15) is 30.4 Å². The number of hydrogen-bond donors (Lipinski definition) is 0. The number of rotatable bonds is 9. The lowest BCUT2D eigenvalue weighted by molar-refractivity contribution is -0.140. The second kappa shape index (κ2) is 11.2. The van der Waals surface area contributed by atoms with Crippen molar-refractivity contribution in [3.05, 3.63) is 102 Å². The molecular weight excluding hydrogens is 378 g/mol. The molecule has 0 radical (unpaired) electrons. The highest BCUT2D eigenvalue weighted by atomic mass is 32.2. The number of pyridine rings is 1. The number of thioether (sulfide) groups is 1. The molecule has 0 aliphatic rings. The second-order valence-electron chi connectivity index (χ2n) is 6.60. The van der Waals surface area contributed by atoms with Gasteiger partial charge in [0.05, 0.1) is 7.11 Å². The van der Waals surface area contributed by atoms with Gasteiger partial charge in [-0.1, -0.05) is 60.7 Å². The molecule has 1 atom stereocenters. The van der Waals surface area contributed by atoms with Gasteiger partial charge in [-0.25, -0.2) is 0 Å². The molecule has 1 aromatic heterocycles. The standard InChI is InChI=1S/C25H25NO2S/c1-28-25(27)24(29-22-14-6-3-7-15-22)17-9-8-16-23(20-11-4-2-5-12-20)21-13-10-18-26-19-21/h2-7,10-16,18-19,24H,8-9,17H2,1H3/b23-16+. The van der Waals surface area contributed by atoms with E-state index in [0.29, 0.717) is 0 Å². The molecule has 0 saturated heterocycles. The number of unbranched alkanes of at least 4 members (excludes halogenated alkanes) is 1. The molecule has 29 heavy (non-hydrogen) atoms. The molecule has 1 unspecified atom stereocenters. The second-order valence-corrected chi connectivity index (χ2v) is 7.88. The van der Waals surface area contributed by atoms with E-state index in [1.807, 2.05) is 60.8 Å². The topological polar surface area (TPSA) is 39.2 Å². The first kappa shape index (κ1) is 20.9. The lowest BCUT2D eigenvalue weighted by Gasteiger charge is -2.14. The van der Waals surface area contributed by atoms with E-state index in [1.54, 1.807) is 18.0 Å². The summed E-state index contributed by atoms with van der Waals surface area (Å²) < 4.78 is 5.02. The Bertz CT molecular complexity index is 870. The lowest BCUT2D eigenvalue weighted by atomic mass is 9.97. The van der Waals surface area contributed by atoms with E-state index in [0.717, 1.165) is 29.7 Å². The fourth-order valence-corrected chi connectivity index (χ4v) is 4.23. The van der Waals surface area contributed by atoms with Crippen LogP contribution in [0.2, 0.25) is 0 Å². The van der Waals surface area contributed by atoms with Crippen molar-refractivity contribution in [1.82, 2.24) is 4.98 Å². The summed E-state index contributed by atoms with van der Waals surface area (Å²) in [7, 11) is 1.46. The monoisotopic (exact) mass is 403 g/mol. The molecule has 3 rings (SSSR count). The van der Waals surface area contributed by atoms with Gasteiger partial charge in [0.15, 0.2) is 0 Å². The van der Waals surface area contributed by atoms with Crippen molar-refractivity contribution in [3.8, 4) is 0 Å². The first-order chi connectivity index (χ1) is 14.3. The summed E-state index contributed by atoms with van der Waals surface area (Å²) in [4.78, 5) is 17.6. The Balaban J connectivity index is 1.68. The van der Waals surface area contributed by atoms with Gasteiger partial charge < -0.3 is 4.74 Å². The highest BCUT2D eigenvalue weighted by Crippen LogP contribution is 2.28. The maximum Gasteiger partial charge on any atom is 0.319 e. The fraction of sp³-hybridized carbons (Fsp3) is 0.200. The zero-order valence-electron chi connectivity index (χ0n) is 16.5. The molecule has 0 bridgehead atoms. The number of allylic oxidation sites excluding steroid dienone is 1. The van der Waals surface area contributed by atoms with Crippen molar-refractivity contribution in [2.75, 3.05) is 7.11 Å². The summed E-state index contributed by atoms with van der Waals surface area (Å²) >= 11 is 1.57. The molecule has 0 aliphatic carbocycles. The van der Waals surface area contributed by atoms with Crippen molar-refractivity contribution < 1.29 is 9.53 Å². The van der Waals surface area contributed by atoms with E-state index in [2.05, 4.69) is 29.3 Å². The average molecular weight is 404 g/mol. The van der Waals surface area contributed by atoms with Crippen LogP contribution in [0.5, 0.6) is 0 Å². The van der Waals surface area contributed by atoms with Gasteiger partial charge in [-0.05, 0) is 48.6 Å². The SMILES string of the molecule is COC(=O)C(CCC/C=C(\c1ccccc1)c1cccnc1)Sc1ccccc1. The van der Waals surface area contributed by atoms with Crippen LogP contribution in [-0.4, -0.2) is 23.3 Å². The van der Waals surface area contributed by atoms with Crippen LogP contribution < -0.4 is 0 Å². The van der Waals surface area contributed by atoms with Crippen molar-refractivity contribution in [1.29, 1.82) is 0 Å². The smallest absolute Gasteiger partial charge is 0.319 e. The molecule has 0 spiro atoms. The average Bonchev–Trinajstić information content (AvgIpc) is 2.79. The zero-order chi connectivity index (χ0) is 20.3. The van der Waals surface area contributed by atoms with Crippen LogP contribution in [0.4, 0.5) is 0 Å². The minimum absolute atomic E-state index is 0.168. The molecule has 3 aromatic rings. The van der Waals surface area contributed by atoms with Crippen molar-refractivity contribution in [2.24, 2.45) is 0 Å². The molecule has 0 amide bonds. The molecule has 4 heteroatoms. The van der Waals surface area contributed by atoms with Crippen LogP contribution in [0.15, 0.2) is 96.2 Å². The maximum absolute atomic E-state index is 12.2. The number of ether oxygens (including phenoxy) is 1. The zero-order valence-corrected chi connectivity index (χ0v) is 17.3. The van der Waals surface area contributed by atoms with Crippen molar-refractivity contribution in [3.63, 3.8) is 0 Å². The van der Waals surface area contributed by atoms with Gasteiger partial charge in [-0.3, -0.25) is 9.78 Å². The van der Waals surface area contributed by atoms with Gasteiger partial charge in [-0.15, -0.1) is 11.8 Å². The minimum Gasteiger partial charge on any atom is -0.468 e. The summed E-state index contributed by atoms with van der Waals surface area (Å²) in [5.74, 6) is -0.168. The molecule has 3 nitrogen and oxygen atoms in total. The van der Waals surface area contributed by atoms with E-state index in [-0.39, 0.29) is 11.2 Å². The van der Waals surface area contributed by atoms with Crippen LogP contribution in [0.3, 0.4) is 0 Å². The normalized spacial score (nSPS) is 12.4. The quantitative estimate of drug-likeness (QED) is 0.249. The number of benzene rings is 2. The number of aromatic nitrogens is 1. The summed E-state index contributed by atoms with van der Waals surface area (Å²) in [5, 5.41) is -0.200. The first-order valence-electron chi connectivity index (χ1n) is 9.73. The molecule has 1 heterocycles. The number of nitrogens with zero attached hydrogens (tertiary/aromatic N) is 1. The van der Waals surface area contributed by atoms with Gasteiger partial charge in [0.1, 0.15) is 5.25 Å². The van der Waals surface area contributed by atoms with Gasteiger partial charge >= 0.3 is 5.97 Å². The third-order valence-corrected chi connectivity index (χ3v) is 5.82. The molecule has 0 aliphatic heterocycles. The van der Waals surface area contributed by atoms with E-state index in [1.165, 1.54) is 18.2 Å². The van der Waals surface area contributed by atoms with Gasteiger partial charge in [0, 0.05) is 22.9 Å². The summed E-state index contributed by atoms with van der Waals surface area (Å²) in [6.45, 7) is 0. The molecular formula is C25H25NO2S. The third kappa shape index (κ3) is 6.33. The molecule has 2 aromatic carbocycles. The Morgan fingerprint density at radius 3 is 2.34 bits per heavy atom. The maximum atomic E-state index is 12.2. The number of esters is 1. The van der Waals surface area contributed by atoms with E-state index < -0.39 is 0 Å². The van der Waals surface area contributed by atoms with E-state index in [9.17, 15) is 4.79 Å². The van der Waals surface area contributed by atoms with Crippen molar-refractivity contribution in [2.45, 2.75) is 29.4 Å². The number of carbonyl (C=O) groups is 1. The van der Waals surface area contributed by atoms with Crippen LogP contribution in [-0.2, 0) is 9.53 Å². The largest absolute Gasteiger partial charge is 0.468 e. The molecule has 0 N–H and O–H groups in total. The van der Waals surface area contributed by atoms with E-state index in [4.69, 9.17) is 4.74 Å². The number of hydrogen-bond acceptors (Lipinski definition) is 4. The summed E-state index contributed by atoms with van der Waals surface area (Å²) in [6, 6.07) is 24.4. The highest BCUT2D eigenvalue weighted by Gasteiger charge is 2.20. The summed E-state index contributed by atoms with van der Waals surface area (Å²) in [6.07, 6.45) is 8.46. The van der Waals surface area contributed by atoms with E-state index >= 15 is 0 Å². The van der Waals surface area contributed by atoms with Crippen molar-refractivity contribution >= 4 is 23.3 Å². The van der Waals surface area contributed by atoms with Crippen LogP contribution >= 0.6 is 11.8 Å². The Hall–Kier alpha value is -2.85. The third-order valence-electron chi connectivity index (χ3n) is 4.56. The van der Waals surface area contributed by atoms with Gasteiger partial charge in [-0.2, -0.15) is 0 Å². The fourth-order valence-electron chi connectivity index (χ4n) is 3.11. The molecule has 0 saturated carbocycles. The van der Waals surface area contributed by atoms with Crippen LogP contribution in [0.25, 0.3) is 5.57 Å². The Labute approximate surface area is 176 Å². The van der Waals surface area contributed by atoms with Gasteiger partial charge in [0.25, 0.3) is 0 Å². The summed E-state index contributed by atoms with van der Waals surface area (Å²) in [5.41, 5.74) is 3.44. The van der Waals surface area contributed by atoms with Crippen LogP contribution in [0, 0.1) is 0 Å². The predicted molar refractivity (Wildman–Crippen MR) is 120 cm³/mol. The Morgan fingerprint density at radius 1 is 1.00 bits per heavy atom.